The van der Waals surface area contributed by atoms with Crippen LogP contribution in [0.2, 0.25) is 0 Å². The summed E-state index contributed by atoms with van der Waals surface area (Å²) < 4.78 is 5.05. The summed E-state index contributed by atoms with van der Waals surface area (Å²) in [5.74, 6) is 0. The third-order valence-corrected chi connectivity index (χ3v) is 3.33. The van der Waals surface area contributed by atoms with Crippen molar-refractivity contribution < 1.29 is 9.53 Å². The molecule has 0 aliphatic carbocycles. The molecule has 2 unspecified atom stereocenters. The summed E-state index contributed by atoms with van der Waals surface area (Å²) in [5, 5.41) is 0. The molecular formula is C10H19N3O2. The van der Waals surface area contributed by atoms with Crippen LogP contribution in [0.3, 0.4) is 0 Å². The van der Waals surface area contributed by atoms with Gasteiger partial charge in [0.1, 0.15) is 6.61 Å². The Balaban J connectivity index is 2.09. The van der Waals surface area contributed by atoms with E-state index in [0.29, 0.717) is 13.2 Å². The van der Waals surface area contributed by atoms with Crippen molar-refractivity contribution in [3.8, 4) is 0 Å². The fourth-order valence-corrected chi connectivity index (χ4v) is 2.43. The zero-order valence-electron chi connectivity index (χ0n) is 9.19. The maximum absolute atomic E-state index is 11.6. The van der Waals surface area contributed by atoms with Crippen molar-refractivity contribution in [2.24, 2.45) is 5.73 Å². The number of nitrogens with zero attached hydrogens (tertiary/aromatic N) is 2. The van der Waals surface area contributed by atoms with Gasteiger partial charge in [0, 0.05) is 6.54 Å². The summed E-state index contributed by atoms with van der Waals surface area (Å²) in [5.41, 5.74) is 5.65. The molecule has 0 aromatic rings. The zero-order valence-corrected chi connectivity index (χ0v) is 9.19. The summed E-state index contributed by atoms with van der Waals surface area (Å²) >= 11 is 0. The first-order valence-electron chi connectivity index (χ1n) is 5.59. The summed E-state index contributed by atoms with van der Waals surface area (Å²) in [4.78, 5) is 15.6. The van der Waals surface area contributed by atoms with Crippen molar-refractivity contribution in [3.63, 3.8) is 0 Å². The average Bonchev–Trinajstić information content (AvgIpc) is 2.60. The molecule has 15 heavy (non-hydrogen) atoms. The van der Waals surface area contributed by atoms with E-state index in [-0.39, 0.29) is 18.3 Å². The number of rotatable bonds is 2. The Hall–Kier alpha value is -0.810. The Labute approximate surface area is 90.1 Å². The molecule has 0 spiro atoms. The van der Waals surface area contributed by atoms with E-state index in [1.165, 1.54) is 12.8 Å². The number of ether oxygens (including phenoxy) is 1. The molecule has 5 heteroatoms. The van der Waals surface area contributed by atoms with Crippen LogP contribution in [0.4, 0.5) is 4.79 Å². The Kier molecular flexibility index (Phi) is 3.11. The molecule has 0 bridgehead atoms. The van der Waals surface area contributed by atoms with Crippen LogP contribution in [-0.4, -0.2) is 54.8 Å². The van der Waals surface area contributed by atoms with Crippen LogP contribution in [0.5, 0.6) is 0 Å². The number of hydrogen-bond acceptors (Lipinski definition) is 4. The van der Waals surface area contributed by atoms with E-state index in [1.54, 1.807) is 0 Å². The molecule has 0 aromatic carbocycles. The number of piperidine rings is 1. The van der Waals surface area contributed by atoms with E-state index >= 15 is 0 Å². The molecule has 2 rings (SSSR count). The second-order valence-electron chi connectivity index (χ2n) is 4.33. The molecule has 86 valence electrons. The van der Waals surface area contributed by atoms with Crippen molar-refractivity contribution in [2.45, 2.75) is 31.5 Å². The summed E-state index contributed by atoms with van der Waals surface area (Å²) in [7, 11) is 2.06. The molecule has 0 aromatic heterocycles. The minimum Gasteiger partial charge on any atom is -0.447 e. The lowest BCUT2D eigenvalue weighted by molar-refractivity contribution is 0.0454. The first kappa shape index (κ1) is 10.7. The van der Waals surface area contributed by atoms with Crippen molar-refractivity contribution in [3.05, 3.63) is 0 Å². The first-order chi connectivity index (χ1) is 7.24. The number of hydrogen-bond donors (Lipinski definition) is 1. The zero-order chi connectivity index (χ0) is 10.8. The monoisotopic (exact) mass is 213 g/mol. The second-order valence-corrected chi connectivity index (χ2v) is 4.33. The molecular weight excluding hydrogens is 194 g/mol. The third kappa shape index (κ3) is 1.94. The molecule has 2 aliphatic heterocycles. The molecule has 2 fully saturated rings. The number of carbonyl (C=O) groups excluding carboxylic acids is 1. The van der Waals surface area contributed by atoms with Crippen molar-refractivity contribution in [1.29, 1.82) is 0 Å². The number of amides is 1. The van der Waals surface area contributed by atoms with E-state index in [2.05, 4.69) is 11.9 Å². The highest BCUT2D eigenvalue weighted by atomic mass is 16.6. The van der Waals surface area contributed by atoms with Crippen LogP contribution in [0.25, 0.3) is 0 Å². The van der Waals surface area contributed by atoms with Crippen LogP contribution in [-0.2, 0) is 4.74 Å². The van der Waals surface area contributed by atoms with Gasteiger partial charge in [-0.1, -0.05) is 0 Å². The average molecular weight is 213 g/mol. The van der Waals surface area contributed by atoms with E-state index in [9.17, 15) is 4.79 Å². The van der Waals surface area contributed by atoms with Crippen LogP contribution < -0.4 is 5.73 Å². The topological polar surface area (TPSA) is 58.8 Å². The predicted octanol–water partition coefficient (Wildman–Crippen LogP) is 0.208. The van der Waals surface area contributed by atoms with Crippen molar-refractivity contribution in [1.82, 2.24) is 9.80 Å². The van der Waals surface area contributed by atoms with Gasteiger partial charge in [-0.15, -0.1) is 0 Å². The normalized spacial score (nSPS) is 33.2. The summed E-state index contributed by atoms with van der Waals surface area (Å²) in [6.07, 6.45) is 3.40. The van der Waals surface area contributed by atoms with Crippen LogP contribution in [0, 0.1) is 0 Å². The van der Waals surface area contributed by atoms with E-state index in [4.69, 9.17) is 10.5 Å². The molecule has 2 saturated heterocycles. The Bertz CT molecular complexity index is 247. The van der Waals surface area contributed by atoms with Gasteiger partial charge in [-0.3, -0.25) is 9.80 Å². The number of carbonyl (C=O) groups is 1. The summed E-state index contributed by atoms with van der Waals surface area (Å²) in [6, 6.07) is 0.0584. The van der Waals surface area contributed by atoms with Gasteiger partial charge in [0.05, 0.1) is 12.2 Å². The molecule has 0 radical (unpaired) electrons. The SMILES string of the molecule is CN1CCCCC1N1C(=O)OCC1CN. The Morgan fingerprint density at radius 1 is 1.53 bits per heavy atom. The van der Waals surface area contributed by atoms with Gasteiger partial charge in [0.25, 0.3) is 0 Å². The second kappa shape index (κ2) is 4.37. The third-order valence-electron chi connectivity index (χ3n) is 3.33. The fourth-order valence-electron chi connectivity index (χ4n) is 2.43. The quantitative estimate of drug-likeness (QED) is 0.712. The predicted molar refractivity (Wildman–Crippen MR) is 56.3 cm³/mol. The minimum atomic E-state index is -0.204. The van der Waals surface area contributed by atoms with Crippen molar-refractivity contribution in [2.75, 3.05) is 26.7 Å². The van der Waals surface area contributed by atoms with E-state index < -0.39 is 0 Å². The fraction of sp³-hybridized carbons (Fsp3) is 0.900. The van der Waals surface area contributed by atoms with Gasteiger partial charge in [-0.2, -0.15) is 0 Å². The van der Waals surface area contributed by atoms with Crippen LogP contribution in [0.15, 0.2) is 0 Å². The minimum absolute atomic E-state index is 0.0584. The molecule has 2 atom stereocenters. The lowest BCUT2D eigenvalue weighted by atomic mass is 10.1. The van der Waals surface area contributed by atoms with Crippen LogP contribution >= 0.6 is 0 Å². The van der Waals surface area contributed by atoms with Gasteiger partial charge in [-0.05, 0) is 32.9 Å². The van der Waals surface area contributed by atoms with Crippen molar-refractivity contribution >= 4 is 6.09 Å². The number of nitrogens with two attached hydrogens (primary N) is 1. The highest BCUT2D eigenvalue weighted by Gasteiger charge is 2.39. The highest BCUT2D eigenvalue weighted by Crippen LogP contribution is 2.24. The lowest BCUT2D eigenvalue weighted by Gasteiger charge is -2.39. The Morgan fingerprint density at radius 3 is 3.00 bits per heavy atom. The van der Waals surface area contributed by atoms with Crippen LogP contribution in [0.1, 0.15) is 19.3 Å². The van der Waals surface area contributed by atoms with Gasteiger partial charge in [0.15, 0.2) is 0 Å². The molecule has 2 heterocycles. The van der Waals surface area contributed by atoms with Gasteiger partial charge in [-0.25, -0.2) is 4.79 Å². The summed E-state index contributed by atoms with van der Waals surface area (Å²) in [6.45, 7) is 1.97. The number of likely N-dealkylation sites (tertiary alicyclic amines) is 1. The molecule has 1 amide bonds. The largest absolute Gasteiger partial charge is 0.447 e. The molecule has 0 saturated carbocycles. The highest BCUT2D eigenvalue weighted by molar-refractivity contribution is 5.70. The maximum Gasteiger partial charge on any atom is 0.411 e. The van der Waals surface area contributed by atoms with Gasteiger partial charge < -0.3 is 10.5 Å². The smallest absolute Gasteiger partial charge is 0.411 e. The number of cyclic esters (lactones) is 1. The first-order valence-corrected chi connectivity index (χ1v) is 5.59. The molecule has 5 nitrogen and oxygen atoms in total. The van der Waals surface area contributed by atoms with Gasteiger partial charge >= 0.3 is 6.09 Å². The van der Waals surface area contributed by atoms with Gasteiger partial charge in [0.2, 0.25) is 0 Å². The molecule has 2 N–H and O–H groups in total. The maximum atomic E-state index is 11.6. The standard InChI is InChI=1S/C10H19N3O2/c1-12-5-3-2-4-9(12)13-8(6-11)7-15-10(13)14/h8-9H,2-7,11H2,1H3. The van der Waals surface area contributed by atoms with E-state index in [1.807, 2.05) is 4.90 Å². The lowest BCUT2D eigenvalue weighted by Crippen LogP contribution is -2.54. The van der Waals surface area contributed by atoms with E-state index in [0.717, 1.165) is 13.0 Å². The molecule has 2 aliphatic rings. The Morgan fingerprint density at radius 2 is 2.33 bits per heavy atom.